The Morgan fingerprint density at radius 1 is 1.00 bits per heavy atom. The molecule has 0 spiro atoms. The fourth-order valence-corrected chi connectivity index (χ4v) is 2.29. The van der Waals surface area contributed by atoms with E-state index in [2.05, 4.69) is 20.6 Å². The Morgan fingerprint density at radius 2 is 1.81 bits per heavy atom. The quantitative estimate of drug-likeness (QED) is 0.708. The topological polar surface area (TPSA) is 85.4 Å². The molecule has 132 valence electrons. The minimum atomic E-state index is -0.320. The summed E-state index contributed by atoms with van der Waals surface area (Å²) in [6.45, 7) is 0. The Labute approximate surface area is 151 Å². The van der Waals surface area contributed by atoms with Crippen LogP contribution in [0, 0.1) is 0 Å². The molecule has 7 heteroatoms. The van der Waals surface area contributed by atoms with Gasteiger partial charge in [-0.2, -0.15) is 0 Å². The fraction of sp³-hybridized carbons (Fsp3) is 0.105. The van der Waals surface area contributed by atoms with Crippen LogP contribution in [-0.2, 0) is 0 Å². The number of benzene rings is 2. The van der Waals surface area contributed by atoms with Crippen molar-refractivity contribution in [2.75, 3.05) is 24.9 Å². The first-order valence-corrected chi connectivity index (χ1v) is 7.88. The molecule has 0 atom stereocenters. The van der Waals surface area contributed by atoms with E-state index in [1.165, 1.54) is 6.20 Å². The molecule has 2 aromatic carbocycles. The van der Waals surface area contributed by atoms with Crippen molar-refractivity contribution in [2.45, 2.75) is 0 Å². The number of hydrogen-bond acceptors (Lipinski definition) is 6. The SMILES string of the molecule is COc1ccc(OC)c(Nc2nccc(C(=O)Nc3ccccc3)n2)c1. The lowest BCUT2D eigenvalue weighted by Crippen LogP contribution is -2.14. The fourth-order valence-electron chi connectivity index (χ4n) is 2.29. The number of nitrogens with zero attached hydrogens (tertiary/aromatic N) is 2. The van der Waals surface area contributed by atoms with Gasteiger partial charge < -0.3 is 20.1 Å². The first-order valence-electron chi connectivity index (χ1n) is 7.88. The smallest absolute Gasteiger partial charge is 0.274 e. The highest BCUT2D eigenvalue weighted by Gasteiger charge is 2.11. The van der Waals surface area contributed by atoms with E-state index >= 15 is 0 Å². The van der Waals surface area contributed by atoms with Crippen LogP contribution in [0.5, 0.6) is 11.5 Å². The molecule has 2 N–H and O–H groups in total. The van der Waals surface area contributed by atoms with Gasteiger partial charge in [0.15, 0.2) is 0 Å². The molecule has 1 heterocycles. The summed E-state index contributed by atoms with van der Waals surface area (Å²) in [6.07, 6.45) is 1.52. The van der Waals surface area contributed by atoms with Gasteiger partial charge in [0.1, 0.15) is 17.2 Å². The zero-order valence-electron chi connectivity index (χ0n) is 14.4. The molecular formula is C19H18N4O3. The number of aromatic nitrogens is 2. The highest BCUT2D eigenvalue weighted by atomic mass is 16.5. The number of amides is 1. The minimum absolute atomic E-state index is 0.244. The third-order valence-electron chi connectivity index (χ3n) is 3.57. The number of nitrogens with one attached hydrogen (secondary N) is 2. The van der Waals surface area contributed by atoms with Crippen LogP contribution >= 0.6 is 0 Å². The van der Waals surface area contributed by atoms with E-state index in [1.807, 2.05) is 18.2 Å². The summed E-state index contributed by atoms with van der Waals surface area (Å²) in [5, 5.41) is 5.84. The lowest BCUT2D eigenvalue weighted by molar-refractivity contribution is 0.102. The number of ether oxygens (including phenoxy) is 2. The first-order chi connectivity index (χ1) is 12.7. The van der Waals surface area contributed by atoms with Gasteiger partial charge in [0.05, 0.1) is 19.9 Å². The van der Waals surface area contributed by atoms with Gasteiger partial charge in [-0.3, -0.25) is 4.79 Å². The Kier molecular flexibility index (Phi) is 5.28. The molecule has 0 saturated carbocycles. The number of rotatable bonds is 6. The monoisotopic (exact) mass is 350 g/mol. The molecule has 3 rings (SSSR count). The Balaban J connectivity index is 1.80. The zero-order valence-corrected chi connectivity index (χ0v) is 14.4. The average Bonchev–Trinajstić information content (AvgIpc) is 2.69. The van der Waals surface area contributed by atoms with E-state index in [0.717, 1.165) is 0 Å². The standard InChI is InChI=1S/C19H18N4O3/c1-25-14-8-9-17(26-2)16(12-14)23-19-20-11-10-15(22-19)18(24)21-13-6-4-3-5-7-13/h3-12H,1-2H3,(H,21,24)(H,20,22,23). The number of carbonyl (C=O) groups excluding carboxylic acids is 1. The third-order valence-corrected chi connectivity index (χ3v) is 3.57. The van der Waals surface area contributed by atoms with Gasteiger partial charge in [-0.15, -0.1) is 0 Å². The van der Waals surface area contributed by atoms with Crippen molar-refractivity contribution in [3.05, 3.63) is 66.5 Å². The molecule has 0 unspecified atom stereocenters. The molecule has 1 amide bonds. The number of methoxy groups -OCH3 is 2. The van der Waals surface area contributed by atoms with E-state index in [-0.39, 0.29) is 17.5 Å². The normalized spacial score (nSPS) is 10.1. The molecule has 0 saturated heterocycles. The van der Waals surface area contributed by atoms with E-state index in [9.17, 15) is 4.79 Å². The molecule has 26 heavy (non-hydrogen) atoms. The summed E-state index contributed by atoms with van der Waals surface area (Å²) in [4.78, 5) is 20.8. The Bertz CT molecular complexity index is 900. The molecule has 7 nitrogen and oxygen atoms in total. The van der Waals surface area contributed by atoms with Gasteiger partial charge in [0.25, 0.3) is 5.91 Å². The van der Waals surface area contributed by atoms with Crippen molar-refractivity contribution in [3.63, 3.8) is 0 Å². The molecular weight excluding hydrogens is 332 g/mol. The highest BCUT2D eigenvalue weighted by Crippen LogP contribution is 2.30. The number of hydrogen-bond donors (Lipinski definition) is 2. The summed E-state index contributed by atoms with van der Waals surface area (Å²) in [7, 11) is 3.15. The van der Waals surface area contributed by atoms with Gasteiger partial charge in [0.2, 0.25) is 5.95 Å². The van der Waals surface area contributed by atoms with Gasteiger partial charge >= 0.3 is 0 Å². The maximum atomic E-state index is 12.4. The maximum Gasteiger partial charge on any atom is 0.274 e. The van der Waals surface area contributed by atoms with Crippen molar-refractivity contribution in [1.82, 2.24) is 9.97 Å². The molecule has 0 aliphatic heterocycles. The third kappa shape index (κ3) is 4.07. The summed E-state index contributed by atoms with van der Waals surface area (Å²) >= 11 is 0. The van der Waals surface area contributed by atoms with Crippen molar-refractivity contribution < 1.29 is 14.3 Å². The van der Waals surface area contributed by atoms with Crippen molar-refractivity contribution in [2.24, 2.45) is 0 Å². The second kappa shape index (κ2) is 7.98. The summed E-state index contributed by atoms with van der Waals surface area (Å²) in [5.41, 5.74) is 1.57. The van der Waals surface area contributed by atoms with Crippen LogP contribution in [0.25, 0.3) is 0 Å². The molecule has 3 aromatic rings. The summed E-state index contributed by atoms with van der Waals surface area (Å²) in [5.74, 6) is 1.22. The Hall–Kier alpha value is -3.61. The minimum Gasteiger partial charge on any atom is -0.497 e. The van der Waals surface area contributed by atoms with E-state index in [4.69, 9.17) is 9.47 Å². The zero-order chi connectivity index (χ0) is 18.4. The molecule has 0 aliphatic rings. The molecule has 0 aliphatic carbocycles. The van der Waals surface area contributed by atoms with Crippen LogP contribution in [0.2, 0.25) is 0 Å². The van der Waals surface area contributed by atoms with Gasteiger partial charge in [-0.05, 0) is 30.3 Å². The molecule has 0 bridgehead atoms. The van der Waals surface area contributed by atoms with Crippen molar-refractivity contribution in [3.8, 4) is 11.5 Å². The van der Waals surface area contributed by atoms with Crippen LogP contribution in [0.3, 0.4) is 0 Å². The van der Waals surface area contributed by atoms with Gasteiger partial charge in [0, 0.05) is 18.0 Å². The average molecular weight is 350 g/mol. The predicted octanol–water partition coefficient (Wildman–Crippen LogP) is 3.49. The number of para-hydroxylation sites is 1. The second-order valence-corrected chi connectivity index (χ2v) is 5.28. The van der Waals surface area contributed by atoms with Gasteiger partial charge in [-0.25, -0.2) is 9.97 Å². The Morgan fingerprint density at radius 3 is 2.54 bits per heavy atom. The van der Waals surface area contributed by atoms with E-state index in [0.29, 0.717) is 22.9 Å². The lowest BCUT2D eigenvalue weighted by atomic mass is 10.2. The largest absolute Gasteiger partial charge is 0.497 e. The summed E-state index contributed by atoms with van der Waals surface area (Å²) < 4.78 is 10.5. The van der Waals surface area contributed by atoms with Crippen molar-refractivity contribution >= 4 is 23.2 Å². The maximum absolute atomic E-state index is 12.4. The lowest BCUT2D eigenvalue weighted by Gasteiger charge is -2.12. The van der Waals surface area contributed by atoms with Gasteiger partial charge in [-0.1, -0.05) is 18.2 Å². The second-order valence-electron chi connectivity index (χ2n) is 5.28. The van der Waals surface area contributed by atoms with Crippen LogP contribution in [0.4, 0.5) is 17.3 Å². The van der Waals surface area contributed by atoms with E-state index < -0.39 is 0 Å². The molecule has 1 aromatic heterocycles. The molecule has 0 fully saturated rings. The highest BCUT2D eigenvalue weighted by molar-refractivity contribution is 6.02. The molecule has 0 radical (unpaired) electrons. The summed E-state index contributed by atoms with van der Waals surface area (Å²) in [6, 6.07) is 16.0. The van der Waals surface area contributed by atoms with Crippen LogP contribution in [0.1, 0.15) is 10.5 Å². The van der Waals surface area contributed by atoms with Crippen LogP contribution < -0.4 is 20.1 Å². The van der Waals surface area contributed by atoms with Crippen molar-refractivity contribution in [1.29, 1.82) is 0 Å². The first kappa shape index (κ1) is 17.2. The number of anilines is 3. The van der Waals surface area contributed by atoms with Crippen LogP contribution in [0.15, 0.2) is 60.8 Å². The number of carbonyl (C=O) groups is 1. The van der Waals surface area contributed by atoms with E-state index in [1.54, 1.807) is 50.6 Å². The predicted molar refractivity (Wildman–Crippen MR) is 99.3 cm³/mol. The van der Waals surface area contributed by atoms with Crippen LogP contribution in [-0.4, -0.2) is 30.1 Å².